The first-order valence-electron chi connectivity index (χ1n) is 9.09. The van der Waals surface area contributed by atoms with Gasteiger partial charge in [0.15, 0.2) is 0 Å². The van der Waals surface area contributed by atoms with Gasteiger partial charge in [-0.3, -0.25) is 4.90 Å². The van der Waals surface area contributed by atoms with E-state index in [1.807, 2.05) is 0 Å². The van der Waals surface area contributed by atoms with Gasteiger partial charge in [0.1, 0.15) is 0 Å². The van der Waals surface area contributed by atoms with Gasteiger partial charge in [0, 0.05) is 18.1 Å². The maximum atomic E-state index is 3.69. The molecule has 0 radical (unpaired) electrons. The first-order chi connectivity index (χ1) is 9.87. The number of hydrogen-bond acceptors (Lipinski definition) is 3. The Labute approximate surface area is 134 Å². The molecule has 0 aliphatic rings. The van der Waals surface area contributed by atoms with E-state index in [4.69, 9.17) is 0 Å². The summed E-state index contributed by atoms with van der Waals surface area (Å²) in [5.74, 6) is 0. The van der Waals surface area contributed by atoms with Crippen LogP contribution in [-0.2, 0) is 0 Å². The maximum absolute atomic E-state index is 3.69. The van der Waals surface area contributed by atoms with Crippen LogP contribution in [0.2, 0.25) is 0 Å². The van der Waals surface area contributed by atoms with Gasteiger partial charge >= 0.3 is 0 Å². The Morgan fingerprint density at radius 3 is 1.95 bits per heavy atom. The number of likely N-dealkylation sites (N-methyl/N-ethyl adjacent to an activating group) is 1. The van der Waals surface area contributed by atoms with E-state index in [-0.39, 0.29) is 5.54 Å². The van der Waals surface area contributed by atoms with E-state index in [2.05, 4.69) is 63.6 Å². The lowest BCUT2D eigenvalue weighted by molar-refractivity contribution is 0.168. The van der Waals surface area contributed by atoms with Crippen LogP contribution in [0.25, 0.3) is 0 Å². The lowest BCUT2D eigenvalue weighted by atomic mass is 10.1. The van der Waals surface area contributed by atoms with Crippen LogP contribution in [-0.4, -0.2) is 60.6 Å². The van der Waals surface area contributed by atoms with Gasteiger partial charge in [-0.05, 0) is 66.3 Å². The number of nitrogens with zero attached hydrogens (tertiary/aromatic N) is 2. The van der Waals surface area contributed by atoms with E-state index in [1.165, 1.54) is 45.4 Å². The third-order valence-electron chi connectivity index (χ3n) is 4.23. The smallest absolute Gasteiger partial charge is 0.0220 e. The summed E-state index contributed by atoms with van der Waals surface area (Å²) in [6, 6.07) is 0.677. The fourth-order valence-corrected chi connectivity index (χ4v) is 2.81. The Morgan fingerprint density at radius 2 is 1.52 bits per heavy atom. The average molecular weight is 300 g/mol. The number of nitrogens with one attached hydrogen (secondary N) is 1. The lowest BCUT2D eigenvalue weighted by Gasteiger charge is -2.34. The van der Waals surface area contributed by atoms with Crippen LogP contribution in [0.15, 0.2) is 0 Å². The maximum Gasteiger partial charge on any atom is 0.0220 e. The Bertz CT molecular complexity index is 231. The van der Waals surface area contributed by atoms with Gasteiger partial charge in [-0.2, -0.15) is 0 Å². The van der Waals surface area contributed by atoms with E-state index < -0.39 is 0 Å². The summed E-state index contributed by atoms with van der Waals surface area (Å²) in [7, 11) is 0. The van der Waals surface area contributed by atoms with Crippen molar-refractivity contribution in [3.05, 3.63) is 0 Å². The van der Waals surface area contributed by atoms with Gasteiger partial charge in [0.2, 0.25) is 0 Å². The SMILES string of the molecule is CCCC(CNC(C)(C)C)N(CC)CCCN(CC)CC. The molecule has 1 N–H and O–H groups in total. The normalized spacial score (nSPS) is 14.1. The zero-order valence-corrected chi connectivity index (χ0v) is 15.8. The molecule has 0 saturated heterocycles. The second kappa shape index (κ2) is 11.4. The van der Waals surface area contributed by atoms with Gasteiger partial charge in [-0.25, -0.2) is 0 Å². The molecule has 0 aromatic heterocycles. The molecular weight excluding hydrogens is 258 g/mol. The van der Waals surface area contributed by atoms with Crippen molar-refractivity contribution in [3.8, 4) is 0 Å². The van der Waals surface area contributed by atoms with Gasteiger partial charge in [0.25, 0.3) is 0 Å². The summed E-state index contributed by atoms with van der Waals surface area (Å²) in [4.78, 5) is 5.20. The van der Waals surface area contributed by atoms with Gasteiger partial charge < -0.3 is 10.2 Å². The minimum atomic E-state index is 0.215. The topological polar surface area (TPSA) is 18.5 Å². The van der Waals surface area contributed by atoms with E-state index in [9.17, 15) is 0 Å². The molecule has 0 fully saturated rings. The van der Waals surface area contributed by atoms with E-state index in [0.29, 0.717) is 6.04 Å². The predicted molar refractivity (Wildman–Crippen MR) is 96.1 cm³/mol. The molecule has 1 unspecified atom stereocenters. The number of hydrogen-bond donors (Lipinski definition) is 1. The highest BCUT2D eigenvalue weighted by atomic mass is 15.2. The molecule has 0 aromatic carbocycles. The van der Waals surface area contributed by atoms with Crippen LogP contribution in [0.1, 0.15) is 67.7 Å². The average Bonchev–Trinajstić information content (AvgIpc) is 2.43. The highest BCUT2D eigenvalue weighted by Gasteiger charge is 2.19. The van der Waals surface area contributed by atoms with Crippen LogP contribution in [0, 0.1) is 0 Å². The van der Waals surface area contributed by atoms with Crippen LogP contribution < -0.4 is 5.32 Å². The highest BCUT2D eigenvalue weighted by Crippen LogP contribution is 2.10. The van der Waals surface area contributed by atoms with Crippen molar-refractivity contribution >= 4 is 0 Å². The minimum absolute atomic E-state index is 0.215. The lowest BCUT2D eigenvalue weighted by Crippen LogP contribution is -2.48. The van der Waals surface area contributed by atoms with Gasteiger partial charge in [0.05, 0.1) is 0 Å². The van der Waals surface area contributed by atoms with Crippen LogP contribution >= 0.6 is 0 Å². The van der Waals surface area contributed by atoms with E-state index >= 15 is 0 Å². The van der Waals surface area contributed by atoms with Crippen molar-refractivity contribution in [1.82, 2.24) is 15.1 Å². The molecule has 0 bridgehead atoms. The van der Waals surface area contributed by atoms with Crippen LogP contribution in [0.3, 0.4) is 0 Å². The molecule has 21 heavy (non-hydrogen) atoms. The molecule has 0 aromatic rings. The summed E-state index contributed by atoms with van der Waals surface area (Å²) in [6.07, 6.45) is 3.84. The molecule has 0 amide bonds. The molecule has 0 saturated carbocycles. The minimum Gasteiger partial charge on any atom is -0.311 e. The monoisotopic (exact) mass is 299 g/mol. The van der Waals surface area contributed by atoms with Crippen LogP contribution in [0.4, 0.5) is 0 Å². The molecule has 0 aliphatic heterocycles. The van der Waals surface area contributed by atoms with Crippen molar-refractivity contribution in [1.29, 1.82) is 0 Å². The molecule has 1 atom stereocenters. The summed E-state index contributed by atoms with van der Waals surface area (Å²) in [6.45, 7) is 23.0. The fraction of sp³-hybridized carbons (Fsp3) is 1.00. The van der Waals surface area contributed by atoms with Crippen molar-refractivity contribution in [2.45, 2.75) is 79.3 Å². The fourth-order valence-electron chi connectivity index (χ4n) is 2.81. The molecule has 0 heterocycles. The molecule has 0 aliphatic carbocycles. The van der Waals surface area contributed by atoms with Crippen molar-refractivity contribution < 1.29 is 0 Å². The third kappa shape index (κ3) is 10.3. The Balaban J connectivity index is 4.32. The van der Waals surface area contributed by atoms with E-state index in [1.54, 1.807) is 0 Å². The molecule has 0 rings (SSSR count). The van der Waals surface area contributed by atoms with Gasteiger partial charge in [-0.1, -0.05) is 34.1 Å². The predicted octanol–water partition coefficient (Wildman–Crippen LogP) is 3.60. The number of rotatable bonds is 12. The standard InChI is InChI=1S/C18H41N3/c1-8-13-17(16-19-18(5,6)7)21(11-4)15-12-14-20(9-2)10-3/h17,19H,8-16H2,1-7H3. The van der Waals surface area contributed by atoms with Crippen molar-refractivity contribution in [2.75, 3.05) is 39.3 Å². The van der Waals surface area contributed by atoms with E-state index in [0.717, 1.165) is 13.1 Å². The largest absolute Gasteiger partial charge is 0.311 e. The molecule has 3 heteroatoms. The third-order valence-corrected chi connectivity index (χ3v) is 4.23. The molecular formula is C18H41N3. The zero-order valence-electron chi connectivity index (χ0n) is 15.8. The summed E-state index contributed by atoms with van der Waals surface area (Å²) < 4.78 is 0. The van der Waals surface area contributed by atoms with Crippen molar-refractivity contribution in [3.63, 3.8) is 0 Å². The second-order valence-electron chi connectivity index (χ2n) is 7.08. The quantitative estimate of drug-likeness (QED) is 0.594. The van der Waals surface area contributed by atoms with Gasteiger partial charge in [-0.15, -0.1) is 0 Å². The first-order valence-corrected chi connectivity index (χ1v) is 9.09. The Morgan fingerprint density at radius 1 is 0.905 bits per heavy atom. The van der Waals surface area contributed by atoms with Crippen molar-refractivity contribution in [2.24, 2.45) is 0 Å². The highest BCUT2D eigenvalue weighted by molar-refractivity contribution is 4.79. The molecule has 0 spiro atoms. The summed E-state index contributed by atoms with van der Waals surface area (Å²) >= 11 is 0. The Hall–Kier alpha value is -0.120. The second-order valence-corrected chi connectivity index (χ2v) is 7.08. The van der Waals surface area contributed by atoms with Crippen LogP contribution in [0.5, 0.6) is 0 Å². The Kier molecular flexibility index (Phi) is 11.4. The molecule has 128 valence electrons. The summed E-state index contributed by atoms with van der Waals surface area (Å²) in [5.41, 5.74) is 0.215. The molecule has 3 nitrogen and oxygen atoms in total. The first kappa shape index (κ1) is 20.9. The zero-order chi connectivity index (χ0) is 16.3. The summed E-state index contributed by atoms with van der Waals surface area (Å²) in [5, 5.41) is 3.69.